The van der Waals surface area contributed by atoms with Crippen LogP contribution in [0, 0.1) is 5.92 Å². The number of aromatic nitrogens is 3. The first-order valence-electron chi connectivity index (χ1n) is 8.33. The van der Waals surface area contributed by atoms with E-state index in [1.807, 2.05) is 18.2 Å². The SMILES string of the molecule is O=C(Nc1nnc(-c2ccccn2)s1)N1CCCC(C2OCCO2)C1. The van der Waals surface area contributed by atoms with Gasteiger partial charge in [0.25, 0.3) is 0 Å². The molecule has 2 fully saturated rings. The molecule has 0 radical (unpaired) electrons. The van der Waals surface area contributed by atoms with Crippen molar-refractivity contribution in [3.05, 3.63) is 24.4 Å². The number of hydrogen-bond acceptors (Lipinski definition) is 7. The molecule has 0 saturated carbocycles. The molecular formula is C16H19N5O3S. The summed E-state index contributed by atoms with van der Waals surface area (Å²) in [7, 11) is 0. The van der Waals surface area contributed by atoms with Gasteiger partial charge in [-0.1, -0.05) is 17.4 Å². The minimum Gasteiger partial charge on any atom is -0.350 e. The first-order valence-corrected chi connectivity index (χ1v) is 9.15. The molecule has 25 heavy (non-hydrogen) atoms. The van der Waals surface area contributed by atoms with Crippen LogP contribution in [-0.4, -0.2) is 58.7 Å². The summed E-state index contributed by atoms with van der Waals surface area (Å²) in [6, 6.07) is 5.44. The van der Waals surface area contributed by atoms with Gasteiger partial charge in [0.1, 0.15) is 5.69 Å². The van der Waals surface area contributed by atoms with Crippen LogP contribution in [0.5, 0.6) is 0 Å². The molecule has 0 bridgehead atoms. The highest BCUT2D eigenvalue weighted by Gasteiger charge is 2.33. The summed E-state index contributed by atoms with van der Waals surface area (Å²) in [5, 5.41) is 12.1. The standard InChI is InChI=1S/C16H19N5O3S/c22-16(21-7-3-4-11(10-21)14-23-8-9-24-14)18-15-20-19-13(25-15)12-5-1-2-6-17-12/h1-2,5-6,11,14H,3-4,7-10H2,(H,18,20,22). The van der Waals surface area contributed by atoms with E-state index in [2.05, 4.69) is 20.5 Å². The van der Waals surface area contributed by atoms with E-state index in [4.69, 9.17) is 9.47 Å². The van der Waals surface area contributed by atoms with E-state index >= 15 is 0 Å². The number of nitrogens with zero attached hydrogens (tertiary/aromatic N) is 4. The van der Waals surface area contributed by atoms with E-state index in [9.17, 15) is 4.79 Å². The van der Waals surface area contributed by atoms with Gasteiger partial charge < -0.3 is 14.4 Å². The molecule has 1 unspecified atom stereocenters. The van der Waals surface area contributed by atoms with Crippen molar-refractivity contribution in [3.63, 3.8) is 0 Å². The molecule has 2 aromatic rings. The Hall–Kier alpha value is -2.10. The number of pyridine rings is 1. The maximum absolute atomic E-state index is 12.5. The molecule has 2 aliphatic heterocycles. The molecule has 2 aliphatic rings. The summed E-state index contributed by atoms with van der Waals surface area (Å²) in [6.07, 6.45) is 3.47. The van der Waals surface area contributed by atoms with Gasteiger partial charge in [-0.15, -0.1) is 10.2 Å². The average molecular weight is 361 g/mol. The minimum atomic E-state index is -0.187. The second kappa shape index (κ2) is 7.42. The third-order valence-corrected chi connectivity index (χ3v) is 5.16. The van der Waals surface area contributed by atoms with Crippen LogP contribution in [0.15, 0.2) is 24.4 Å². The Kier molecular flexibility index (Phi) is 4.86. The summed E-state index contributed by atoms with van der Waals surface area (Å²) < 4.78 is 11.2. The topological polar surface area (TPSA) is 89.5 Å². The van der Waals surface area contributed by atoms with E-state index in [1.54, 1.807) is 11.1 Å². The fourth-order valence-corrected chi connectivity index (χ4v) is 3.81. The van der Waals surface area contributed by atoms with Gasteiger partial charge in [-0.05, 0) is 25.0 Å². The predicted octanol–water partition coefficient (Wildman–Crippen LogP) is 2.22. The van der Waals surface area contributed by atoms with Gasteiger partial charge in [-0.3, -0.25) is 10.3 Å². The van der Waals surface area contributed by atoms with E-state index in [-0.39, 0.29) is 18.2 Å². The van der Waals surface area contributed by atoms with Crippen molar-refractivity contribution in [2.24, 2.45) is 5.92 Å². The first kappa shape index (κ1) is 16.4. The Morgan fingerprint density at radius 2 is 2.16 bits per heavy atom. The van der Waals surface area contributed by atoms with Gasteiger partial charge in [0.05, 0.1) is 13.2 Å². The van der Waals surface area contributed by atoms with Gasteiger partial charge in [0.2, 0.25) is 5.13 Å². The van der Waals surface area contributed by atoms with Gasteiger partial charge in [-0.25, -0.2) is 4.79 Å². The third kappa shape index (κ3) is 3.78. The zero-order valence-electron chi connectivity index (χ0n) is 13.6. The molecule has 0 spiro atoms. The van der Waals surface area contributed by atoms with Crippen molar-refractivity contribution in [1.82, 2.24) is 20.1 Å². The van der Waals surface area contributed by atoms with E-state index in [1.165, 1.54) is 11.3 Å². The van der Waals surface area contributed by atoms with Gasteiger partial charge in [0.15, 0.2) is 11.3 Å². The lowest BCUT2D eigenvalue weighted by atomic mass is 9.98. The Bertz CT molecular complexity index is 720. The number of ether oxygens (including phenoxy) is 2. The zero-order chi connectivity index (χ0) is 17.1. The fraction of sp³-hybridized carbons (Fsp3) is 0.500. The summed E-state index contributed by atoms with van der Waals surface area (Å²) in [4.78, 5) is 18.6. The molecule has 2 saturated heterocycles. The van der Waals surface area contributed by atoms with E-state index < -0.39 is 0 Å². The predicted molar refractivity (Wildman–Crippen MR) is 92.1 cm³/mol. The number of hydrogen-bond donors (Lipinski definition) is 1. The second-order valence-electron chi connectivity index (χ2n) is 6.02. The number of nitrogens with one attached hydrogen (secondary N) is 1. The Morgan fingerprint density at radius 3 is 2.96 bits per heavy atom. The van der Waals surface area contributed by atoms with Gasteiger partial charge in [-0.2, -0.15) is 0 Å². The number of piperidine rings is 1. The Morgan fingerprint density at radius 1 is 1.28 bits per heavy atom. The maximum atomic E-state index is 12.5. The quantitative estimate of drug-likeness (QED) is 0.902. The fourth-order valence-electron chi connectivity index (χ4n) is 3.10. The van der Waals surface area contributed by atoms with Crippen LogP contribution in [0.3, 0.4) is 0 Å². The van der Waals surface area contributed by atoms with Crippen LogP contribution >= 0.6 is 11.3 Å². The molecule has 132 valence electrons. The van der Waals surface area contributed by atoms with Crippen molar-refractivity contribution in [2.45, 2.75) is 19.1 Å². The third-order valence-electron chi connectivity index (χ3n) is 4.30. The summed E-state index contributed by atoms with van der Waals surface area (Å²) >= 11 is 1.31. The molecule has 4 rings (SSSR count). The van der Waals surface area contributed by atoms with Crippen LogP contribution in [0.1, 0.15) is 12.8 Å². The number of carbonyl (C=O) groups excluding carboxylic acids is 1. The van der Waals surface area contributed by atoms with Gasteiger partial charge >= 0.3 is 6.03 Å². The van der Waals surface area contributed by atoms with Crippen LogP contribution in [-0.2, 0) is 9.47 Å². The lowest BCUT2D eigenvalue weighted by Gasteiger charge is -2.34. The van der Waals surface area contributed by atoms with Crippen molar-refractivity contribution in [2.75, 3.05) is 31.6 Å². The number of amides is 2. The highest BCUT2D eigenvalue weighted by Crippen LogP contribution is 2.27. The van der Waals surface area contributed by atoms with E-state index in [0.717, 1.165) is 25.1 Å². The smallest absolute Gasteiger partial charge is 0.323 e. The number of likely N-dealkylation sites (tertiary alicyclic amines) is 1. The van der Waals surface area contributed by atoms with Crippen LogP contribution in [0.25, 0.3) is 10.7 Å². The molecule has 0 aromatic carbocycles. The largest absolute Gasteiger partial charge is 0.350 e. The van der Waals surface area contributed by atoms with Crippen LogP contribution in [0.4, 0.5) is 9.93 Å². The normalized spacial score (nSPS) is 21.4. The lowest BCUT2D eigenvalue weighted by Crippen LogP contribution is -2.45. The Balaban J connectivity index is 1.37. The minimum absolute atomic E-state index is 0.161. The second-order valence-corrected chi connectivity index (χ2v) is 6.99. The molecule has 2 aromatic heterocycles. The average Bonchev–Trinajstić information content (AvgIpc) is 3.35. The monoisotopic (exact) mass is 361 g/mol. The number of anilines is 1. The molecule has 0 aliphatic carbocycles. The van der Waals surface area contributed by atoms with Gasteiger partial charge in [0, 0.05) is 25.2 Å². The van der Waals surface area contributed by atoms with Crippen molar-refractivity contribution < 1.29 is 14.3 Å². The van der Waals surface area contributed by atoms with E-state index in [0.29, 0.717) is 29.9 Å². The molecule has 1 N–H and O–H groups in total. The highest BCUT2D eigenvalue weighted by molar-refractivity contribution is 7.18. The molecule has 2 amide bonds. The highest BCUT2D eigenvalue weighted by atomic mass is 32.1. The molecule has 9 heteroatoms. The molecule has 8 nitrogen and oxygen atoms in total. The molecule has 4 heterocycles. The molecule has 1 atom stereocenters. The summed E-state index contributed by atoms with van der Waals surface area (Å²) in [5.74, 6) is 0.223. The lowest BCUT2D eigenvalue weighted by molar-refractivity contribution is -0.0959. The number of carbonyl (C=O) groups is 1. The number of urea groups is 1. The van der Waals surface area contributed by atoms with Crippen LogP contribution in [0.2, 0.25) is 0 Å². The van der Waals surface area contributed by atoms with Crippen molar-refractivity contribution in [1.29, 1.82) is 0 Å². The summed E-state index contributed by atoms with van der Waals surface area (Å²) in [6.45, 7) is 2.62. The Labute approximate surface area is 149 Å². The molecular weight excluding hydrogens is 342 g/mol. The first-order chi connectivity index (χ1) is 12.3. The van der Waals surface area contributed by atoms with Crippen LogP contribution < -0.4 is 5.32 Å². The maximum Gasteiger partial charge on any atom is 0.323 e. The summed E-state index contributed by atoms with van der Waals surface area (Å²) in [5.41, 5.74) is 0.745. The van der Waals surface area contributed by atoms with Crippen molar-refractivity contribution in [3.8, 4) is 10.7 Å². The zero-order valence-corrected chi connectivity index (χ0v) is 14.4. The van der Waals surface area contributed by atoms with Crippen molar-refractivity contribution >= 4 is 22.5 Å². The number of rotatable bonds is 3.